The topological polar surface area (TPSA) is 71.3 Å². The molecule has 1 N–H and O–H groups in total. The van der Waals surface area contributed by atoms with Gasteiger partial charge >= 0.3 is 0 Å². The Bertz CT molecular complexity index is 578. The summed E-state index contributed by atoms with van der Waals surface area (Å²) in [5, 5.41) is 12.1. The summed E-state index contributed by atoms with van der Waals surface area (Å²) in [7, 11) is 1.53. The highest BCUT2D eigenvalue weighted by molar-refractivity contribution is 5.97. The van der Waals surface area contributed by atoms with E-state index < -0.39 is 5.60 Å². The number of nitrogens with zero attached hydrogens (tertiary/aromatic N) is 1. The van der Waals surface area contributed by atoms with Crippen LogP contribution in [0.25, 0.3) is 0 Å². The maximum Gasteiger partial charge on any atom is 0.256 e. The second kappa shape index (κ2) is 8.54. The van der Waals surface area contributed by atoms with E-state index in [2.05, 4.69) is 11.4 Å². The van der Waals surface area contributed by atoms with Gasteiger partial charge in [0.15, 0.2) is 0 Å². The molecule has 1 aromatic carbocycles. The van der Waals surface area contributed by atoms with Gasteiger partial charge in [0.05, 0.1) is 12.2 Å². The molecule has 0 spiro atoms. The lowest BCUT2D eigenvalue weighted by atomic mass is 9.93. The molecule has 0 unspecified atom stereocenters. The zero-order chi connectivity index (χ0) is 17.5. The summed E-state index contributed by atoms with van der Waals surface area (Å²) >= 11 is 0. The predicted molar refractivity (Wildman–Crippen MR) is 90.4 cm³/mol. The van der Waals surface area contributed by atoms with Crippen LogP contribution in [-0.2, 0) is 9.53 Å². The largest absolute Gasteiger partial charge is 0.492 e. The fourth-order valence-corrected chi connectivity index (χ4v) is 2.34. The molecule has 1 amide bonds. The molecule has 5 heteroatoms. The summed E-state index contributed by atoms with van der Waals surface area (Å²) in [6.07, 6.45) is 1.48. The maximum absolute atomic E-state index is 12.5. The number of hydrogen-bond donors (Lipinski definition) is 1. The molecule has 1 aromatic rings. The third kappa shape index (κ3) is 5.26. The van der Waals surface area contributed by atoms with Gasteiger partial charge in [-0.05, 0) is 43.9 Å². The van der Waals surface area contributed by atoms with Crippen molar-refractivity contribution in [2.75, 3.05) is 19.0 Å². The van der Waals surface area contributed by atoms with Gasteiger partial charge in [-0.25, -0.2) is 0 Å². The lowest BCUT2D eigenvalue weighted by Gasteiger charge is -2.28. The van der Waals surface area contributed by atoms with E-state index in [9.17, 15) is 10.1 Å². The van der Waals surface area contributed by atoms with Crippen LogP contribution in [0.15, 0.2) is 18.2 Å². The molecule has 0 fully saturated rings. The lowest BCUT2D eigenvalue weighted by molar-refractivity contribution is -0.137. The third-order valence-electron chi connectivity index (χ3n) is 3.55. The Balaban J connectivity index is 2.92. The van der Waals surface area contributed by atoms with E-state index in [1.54, 1.807) is 25.1 Å². The summed E-state index contributed by atoms with van der Waals surface area (Å²) in [5.41, 5.74) is 0.0555. The van der Waals surface area contributed by atoms with Crippen LogP contribution in [0.4, 0.5) is 5.69 Å². The molecular formula is C18H26N2O3. The summed E-state index contributed by atoms with van der Waals surface area (Å²) in [4.78, 5) is 12.5. The molecular weight excluding hydrogens is 292 g/mol. The Morgan fingerprint density at radius 1 is 1.43 bits per heavy atom. The normalized spacial score (nSPS) is 13.3. The van der Waals surface area contributed by atoms with Crippen molar-refractivity contribution in [2.45, 2.75) is 46.1 Å². The smallest absolute Gasteiger partial charge is 0.256 e. The number of amides is 1. The second-order valence-corrected chi connectivity index (χ2v) is 6.16. The van der Waals surface area contributed by atoms with Crippen LogP contribution in [-0.4, -0.2) is 25.2 Å². The Kier molecular flexibility index (Phi) is 7.05. The van der Waals surface area contributed by atoms with Crippen molar-refractivity contribution in [2.24, 2.45) is 5.92 Å². The van der Waals surface area contributed by atoms with Crippen molar-refractivity contribution in [3.63, 3.8) is 0 Å². The van der Waals surface area contributed by atoms with Crippen LogP contribution in [0.1, 0.15) is 46.1 Å². The van der Waals surface area contributed by atoms with Crippen LogP contribution in [0.5, 0.6) is 5.75 Å². The van der Waals surface area contributed by atoms with Gasteiger partial charge in [-0.3, -0.25) is 4.79 Å². The highest BCUT2D eigenvalue weighted by Gasteiger charge is 2.34. The van der Waals surface area contributed by atoms with Crippen molar-refractivity contribution in [3.05, 3.63) is 23.8 Å². The number of carbonyl (C=O) groups excluding carboxylic acids is 1. The Labute approximate surface area is 138 Å². The van der Waals surface area contributed by atoms with Gasteiger partial charge in [0.1, 0.15) is 17.4 Å². The van der Waals surface area contributed by atoms with Gasteiger partial charge in [0, 0.05) is 12.8 Å². The monoisotopic (exact) mass is 318 g/mol. The standard InChI is InChI=1S/C18H26N2O3/c1-6-9-23-16-8-7-15(10-14(16)12-19)20-17(21)18(4,22-5)11-13(2)3/h7-8,10,13H,6,9,11H2,1-5H3,(H,20,21)/t18-/m0/s1. The quantitative estimate of drug-likeness (QED) is 0.792. The van der Waals surface area contributed by atoms with Gasteiger partial charge < -0.3 is 14.8 Å². The van der Waals surface area contributed by atoms with Gasteiger partial charge in [0.25, 0.3) is 5.91 Å². The van der Waals surface area contributed by atoms with E-state index in [4.69, 9.17) is 9.47 Å². The minimum Gasteiger partial charge on any atom is -0.492 e. The van der Waals surface area contributed by atoms with E-state index in [-0.39, 0.29) is 5.91 Å². The molecule has 0 aliphatic carbocycles. The highest BCUT2D eigenvalue weighted by atomic mass is 16.5. The Hall–Kier alpha value is -2.06. The van der Waals surface area contributed by atoms with Crippen LogP contribution in [0.3, 0.4) is 0 Å². The van der Waals surface area contributed by atoms with E-state index in [1.165, 1.54) is 7.11 Å². The fraction of sp³-hybridized carbons (Fsp3) is 0.556. The molecule has 0 bridgehead atoms. The molecule has 0 aliphatic rings. The minimum atomic E-state index is -0.904. The van der Waals surface area contributed by atoms with Crippen LogP contribution in [0.2, 0.25) is 0 Å². The Morgan fingerprint density at radius 2 is 2.13 bits per heavy atom. The summed E-state index contributed by atoms with van der Waals surface area (Å²) in [5.74, 6) is 0.633. The zero-order valence-electron chi connectivity index (χ0n) is 14.6. The van der Waals surface area contributed by atoms with Gasteiger partial charge in [-0.2, -0.15) is 5.26 Å². The predicted octanol–water partition coefficient (Wildman–Crippen LogP) is 3.74. The summed E-state index contributed by atoms with van der Waals surface area (Å²) in [6, 6.07) is 7.15. The zero-order valence-corrected chi connectivity index (χ0v) is 14.6. The SMILES string of the molecule is CCCOc1ccc(NC(=O)[C@](C)(CC(C)C)OC)cc1C#N. The average molecular weight is 318 g/mol. The molecule has 0 radical (unpaired) electrons. The number of carbonyl (C=O) groups is 1. The molecule has 0 saturated heterocycles. The second-order valence-electron chi connectivity index (χ2n) is 6.16. The van der Waals surface area contributed by atoms with E-state index in [0.29, 0.717) is 35.9 Å². The number of rotatable bonds is 8. The number of hydrogen-bond acceptors (Lipinski definition) is 4. The minimum absolute atomic E-state index is 0.222. The molecule has 1 rings (SSSR count). The van der Waals surface area contributed by atoms with Gasteiger partial charge in [-0.1, -0.05) is 20.8 Å². The van der Waals surface area contributed by atoms with E-state index >= 15 is 0 Å². The van der Waals surface area contributed by atoms with E-state index in [0.717, 1.165) is 6.42 Å². The molecule has 0 saturated carbocycles. The van der Waals surface area contributed by atoms with E-state index in [1.807, 2.05) is 20.8 Å². The molecule has 23 heavy (non-hydrogen) atoms. The number of benzene rings is 1. The van der Waals surface area contributed by atoms with Crippen molar-refractivity contribution in [1.29, 1.82) is 5.26 Å². The first-order valence-corrected chi connectivity index (χ1v) is 7.89. The highest BCUT2D eigenvalue weighted by Crippen LogP contribution is 2.25. The first-order valence-electron chi connectivity index (χ1n) is 7.89. The lowest BCUT2D eigenvalue weighted by Crippen LogP contribution is -2.43. The number of methoxy groups -OCH3 is 1. The first kappa shape index (κ1) is 19.0. The van der Waals surface area contributed by atoms with Crippen molar-refractivity contribution >= 4 is 11.6 Å². The summed E-state index contributed by atoms with van der Waals surface area (Å²) in [6.45, 7) is 8.40. The summed E-state index contributed by atoms with van der Waals surface area (Å²) < 4.78 is 10.9. The Morgan fingerprint density at radius 3 is 2.65 bits per heavy atom. The fourth-order valence-electron chi connectivity index (χ4n) is 2.34. The van der Waals surface area contributed by atoms with Crippen molar-refractivity contribution < 1.29 is 14.3 Å². The van der Waals surface area contributed by atoms with Crippen molar-refractivity contribution in [1.82, 2.24) is 0 Å². The van der Waals surface area contributed by atoms with Crippen molar-refractivity contribution in [3.8, 4) is 11.8 Å². The molecule has 0 heterocycles. The van der Waals surface area contributed by atoms with Gasteiger partial charge in [-0.15, -0.1) is 0 Å². The van der Waals surface area contributed by atoms with Gasteiger partial charge in [0.2, 0.25) is 0 Å². The average Bonchev–Trinajstić information content (AvgIpc) is 2.52. The van der Waals surface area contributed by atoms with Crippen LogP contribution in [0, 0.1) is 17.2 Å². The molecule has 0 aliphatic heterocycles. The number of nitriles is 1. The number of ether oxygens (including phenoxy) is 2. The third-order valence-corrected chi connectivity index (χ3v) is 3.55. The number of nitrogens with one attached hydrogen (secondary N) is 1. The molecule has 1 atom stereocenters. The molecule has 0 aromatic heterocycles. The molecule has 126 valence electrons. The maximum atomic E-state index is 12.5. The molecule has 5 nitrogen and oxygen atoms in total. The van der Waals surface area contributed by atoms with Crippen LogP contribution < -0.4 is 10.1 Å². The first-order chi connectivity index (χ1) is 10.9. The number of anilines is 1. The van der Waals surface area contributed by atoms with Crippen LogP contribution >= 0.6 is 0 Å².